The summed E-state index contributed by atoms with van der Waals surface area (Å²) in [7, 11) is 0. The first-order valence-corrected chi connectivity index (χ1v) is 3.07. The van der Waals surface area contributed by atoms with Crippen LogP contribution in [0.4, 0.5) is 0 Å². The Hall–Kier alpha value is 1.05. The largest absolute Gasteiger partial charge is 0.397 e. The normalized spacial score (nSPS) is 4.91. The topological polar surface area (TPSA) is 60.7 Å². The molecule has 0 atom stereocenters. The van der Waals surface area contributed by atoms with Crippen molar-refractivity contribution in [1.82, 2.24) is 0 Å². The molecular weight excluding hydrogens is 247 g/mol. The number of hydrogen-bond donors (Lipinski definition) is 3. The van der Waals surface area contributed by atoms with Crippen molar-refractivity contribution in [3.05, 3.63) is 0 Å². The maximum absolute atomic E-state index is 7.57. The summed E-state index contributed by atoms with van der Waals surface area (Å²) in [5, 5.41) is 22.7. The second-order valence-corrected chi connectivity index (χ2v) is 0.949. The molecule has 0 bridgehead atoms. The van der Waals surface area contributed by atoms with Crippen molar-refractivity contribution in [2.75, 3.05) is 19.8 Å². The zero-order chi connectivity index (χ0) is 8.12. The molecule has 0 aliphatic rings. The number of rotatable bonds is 0. The summed E-state index contributed by atoms with van der Waals surface area (Å²) in [6.45, 7) is 5.79. The summed E-state index contributed by atoms with van der Waals surface area (Å²) >= 11 is 0. The molecule has 3 N–H and O–H groups in total. The van der Waals surface area contributed by atoms with Crippen LogP contribution in [0.25, 0.3) is 0 Å². The van der Waals surface area contributed by atoms with Crippen LogP contribution in [0.15, 0.2) is 0 Å². The minimum absolute atomic E-state index is 0. The molecule has 72 valence electrons. The van der Waals surface area contributed by atoms with Crippen molar-refractivity contribution in [3.8, 4) is 0 Å². The first kappa shape index (κ1) is 29.6. The minimum Gasteiger partial charge on any atom is -0.397 e. The van der Waals surface area contributed by atoms with E-state index >= 15 is 0 Å². The molecule has 0 unspecified atom stereocenters. The molecule has 5 heteroatoms. The van der Waals surface area contributed by atoms with Gasteiger partial charge in [0.25, 0.3) is 0 Å². The van der Waals surface area contributed by atoms with Crippen LogP contribution in [0.1, 0.15) is 20.8 Å². The van der Waals surface area contributed by atoms with Crippen LogP contribution < -0.4 is 0 Å². The maximum Gasteiger partial charge on any atom is 0.0402 e. The van der Waals surface area contributed by atoms with Gasteiger partial charge < -0.3 is 15.3 Å². The molecule has 0 amide bonds. The molecule has 0 aromatic rings. The zero-order valence-electron chi connectivity index (χ0n) is 7.37. The molecule has 0 aliphatic carbocycles. The Balaban J connectivity index is -0.0000000150. The molecule has 0 radical (unpaired) electrons. The predicted molar refractivity (Wildman–Crippen MR) is 45.5 cm³/mol. The van der Waals surface area contributed by atoms with Crippen LogP contribution in [0.2, 0.25) is 0 Å². The van der Waals surface area contributed by atoms with Gasteiger partial charge in [-0.3, -0.25) is 0 Å². The van der Waals surface area contributed by atoms with Gasteiger partial charge in [0, 0.05) is 46.0 Å². The van der Waals surface area contributed by atoms with Crippen molar-refractivity contribution in [2.45, 2.75) is 20.8 Å². The quantitative estimate of drug-likeness (QED) is 0.595. The van der Waals surface area contributed by atoms with Crippen molar-refractivity contribution < 1.29 is 41.5 Å². The fourth-order valence-electron chi connectivity index (χ4n) is 0. The third kappa shape index (κ3) is 817. The molecule has 0 spiro atoms. The van der Waals surface area contributed by atoms with Gasteiger partial charge in [-0.2, -0.15) is 0 Å². The van der Waals surface area contributed by atoms with Gasteiger partial charge in [0.15, 0.2) is 0 Å². The van der Waals surface area contributed by atoms with E-state index in [1.807, 2.05) is 0 Å². The van der Waals surface area contributed by atoms with Crippen LogP contribution in [0.5, 0.6) is 0 Å². The molecule has 0 aromatic carbocycles. The van der Waals surface area contributed by atoms with Gasteiger partial charge in [0.05, 0.1) is 0 Å². The van der Waals surface area contributed by atoms with E-state index in [0.29, 0.717) is 0 Å². The van der Waals surface area contributed by atoms with Crippen LogP contribution in [-0.2, 0) is 26.2 Å². The van der Waals surface area contributed by atoms with Gasteiger partial charge in [0.2, 0.25) is 0 Å². The fourth-order valence-corrected chi connectivity index (χ4v) is 0. The standard InChI is InChI=1S/3C2H6O.ClH.Zr/c3*1-2-3;;/h3*3H,2H2,1H3;1H;. The van der Waals surface area contributed by atoms with Crippen molar-refractivity contribution in [2.24, 2.45) is 0 Å². The van der Waals surface area contributed by atoms with Crippen LogP contribution in [0, 0.1) is 0 Å². The Labute approximate surface area is 94.4 Å². The number of aliphatic hydroxyl groups is 3. The maximum atomic E-state index is 7.57. The van der Waals surface area contributed by atoms with Gasteiger partial charge in [-0.1, -0.05) is 0 Å². The second kappa shape index (κ2) is 68.0. The van der Waals surface area contributed by atoms with Gasteiger partial charge in [-0.05, 0) is 20.8 Å². The summed E-state index contributed by atoms with van der Waals surface area (Å²) < 4.78 is 0. The molecular formula is C6H19ClO3Zr. The molecule has 0 aliphatic heterocycles. The smallest absolute Gasteiger partial charge is 0.0402 e. The minimum atomic E-state index is 0. The second-order valence-electron chi connectivity index (χ2n) is 0.949. The molecule has 0 saturated heterocycles. The SMILES string of the molecule is CCO.CCO.CCO.Cl.[Zr]. The summed E-state index contributed by atoms with van der Waals surface area (Å²) in [5.74, 6) is 0. The van der Waals surface area contributed by atoms with Gasteiger partial charge in [-0.25, -0.2) is 0 Å². The van der Waals surface area contributed by atoms with Gasteiger partial charge >= 0.3 is 0 Å². The predicted octanol–water partition coefficient (Wildman–Crippen LogP) is 0.415. The Morgan fingerprint density at radius 2 is 0.727 bits per heavy atom. The van der Waals surface area contributed by atoms with Crippen molar-refractivity contribution in [3.63, 3.8) is 0 Å². The average Bonchev–Trinajstić information content (AvgIpc) is 1.70. The molecule has 3 nitrogen and oxygen atoms in total. The summed E-state index contributed by atoms with van der Waals surface area (Å²) in [4.78, 5) is 0. The van der Waals surface area contributed by atoms with E-state index in [-0.39, 0.29) is 58.4 Å². The average molecular weight is 266 g/mol. The molecule has 0 aromatic heterocycles. The molecule has 0 saturated carbocycles. The zero-order valence-corrected chi connectivity index (χ0v) is 10.6. The Morgan fingerprint density at radius 1 is 0.727 bits per heavy atom. The number of aliphatic hydroxyl groups excluding tert-OH is 3. The van der Waals surface area contributed by atoms with E-state index in [4.69, 9.17) is 15.3 Å². The Morgan fingerprint density at radius 3 is 0.727 bits per heavy atom. The third-order valence-corrected chi connectivity index (χ3v) is 0. The molecule has 11 heavy (non-hydrogen) atoms. The van der Waals surface area contributed by atoms with E-state index in [0.717, 1.165) is 0 Å². The van der Waals surface area contributed by atoms with Crippen molar-refractivity contribution >= 4 is 12.4 Å². The van der Waals surface area contributed by atoms with Crippen LogP contribution >= 0.6 is 12.4 Å². The Kier molecular flexibility index (Phi) is 183. The molecule has 0 rings (SSSR count). The first-order valence-electron chi connectivity index (χ1n) is 3.07. The van der Waals surface area contributed by atoms with E-state index in [9.17, 15) is 0 Å². The van der Waals surface area contributed by atoms with Crippen molar-refractivity contribution in [1.29, 1.82) is 0 Å². The molecule has 0 heterocycles. The monoisotopic (exact) mass is 264 g/mol. The molecule has 0 fully saturated rings. The first-order chi connectivity index (χ1) is 4.24. The fraction of sp³-hybridized carbons (Fsp3) is 1.00. The summed E-state index contributed by atoms with van der Waals surface area (Å²) in [5.41, 5.74) is 0. The summed E-state index contributed by atoms with van der Waals surface area (Å²) in [6, 6.07) is 0. The van der Waals surface area contributed by atoms with E-state index in [1.165, 1.54) is 0 Å². The van der Waals surface area contributed by atoms with Crippen LogP contribution in [-0.4, -0.2) is 35.1 Å². The van der Waals surface area contributed by atoms with E-state index in [1.54, 1.807) is 20.8 Å². The van der Waals surface area contributed by atoms with Gasteiger partial charge in [0.1, 0.15) is 0 Å². The summed E-state index contributed by atoms with van der Waals surface area (Å²) in [6.07, 6.45) is 0. The van der Waals surface area contributed by atoms with E-state index in [2.05, 4.69) is 0 Å². The van der Waals surface area contributed by atoms with E-state index < -0.39 is 0 Å². The third-order valence-electron chi connectivity index (χ3n) is 0. The van der Waals surface area contributed by atoms with Gasteiger partial charge in [-0.15, -0.1) is 12.4 Å². The van der Waals surface area contributed by atoms with Crippen LogP contribution in [0.3, 0.4) is 0 Å². The Bertz CT molecular complexity index is 22.5. The number of halogens is 1. The number of hydrogen-bond acceptors (Lipinski definition) is 3.